The number of hydrogen-bond donors (Lipinski definition) is 2. The van der Waals surface area contributed by atoms with Crippen LogP contribution in [0.1, 0.15) is 93.1 Å². The van der Waals surface area contributed by atoms with Crippen LogP contribution in [-0.4, -0.2) is 71.2 Å². The fraction of sp³-hybridized carbons (Fsp3) is 0.625. The number of nitrogens with zero attached hydrogens (tertiary/aromatic N) is 3. The van der Waals surface area contributed by atoms with Crippen molar-refractivity contribution in [3.8, 4) is 5.75 Å². The number of methoxy groups -OCH3 is 1. The Bertz CT molecular complexity index is 1180. The summed E-state index contributed by atoms with van der Waals surface area (Å²) in [6.07, 6.45) is 10.1. The third-order valence-electron chi connectivity index (χ3n) is 8.84. The van der Waals surface area contributed by atoms with E-state index in [4.69, 9.17) is 9.72 Å². The summed E-state index contributed by atoms with van der Waals surface area (Å²) in [7, 11) is 1.41. The van der Waals surface area contributed by atoms with Gasteiger partial charge in [0.05, 0.1) is 7.11 Å². The number of likely N-dealkylation sites (tertiary alicyclic amines) is 1. The number of rotatable bonds is 13. The predicted octanol–water partition coefficient (Wildman–Crippen LogP) is 5.79. The van der Waals surface area contributed by atoms with Crippen molar-refractivity contribution in [1.29, 1.82) is 0 Å². The van der Waals surface area contributed by atoms with Crippen LogP contribution in [0.2, 0.25) is 0 Å². The lowest BCUT2D eigenvalue weighted by molar-refractivity contribution is -0.143. The molecule has 0 amide bonds. The molecule has 2 aromatic rings. The highest BCUT2D eigenvalue weighted by Crippen LogP contribution is 2.38. The number of carbonyl (C=O) groups is 1. The third kappa shape index (κ3) is 6.60. The summed E-state index contributed by atoms with van der Waals surface area (Å²) in [5.41, 5.74) is 3.72. The van der Waals surface area contributed by atoms with Gasteiger partial charge in [-0.05, 0) is 93.2 Å². The van der Waals surface area contributed by atoms with Gasteiger partial charge in [0.1, 0.15) is 11.9 Å². The highest BCUT2D eigenvalue weighted by atomic mass is 19.1. The van der Waals surface area contributed by atoms with E-state index in [9.17, 15) is 14.3 Å². The quantitative estimate of drug-likeness (QED) is 0.305. The fourth-order valence-electron chi connectivity index (χ4n) is 6.50. The van der Waals surface area contributed by atoms with Gasteiger partial charge in [-0.2, -0.15) is 0 Å². The number of aromatic nitrogens is 1. The molecule has 0 bridgehead atoms. The number of unbranched alkanes of at least 4 members (excludes halogenated alkanes) is 2. The highest BCUT2D eigenvalue weighted by molar-refractivity contribution is 5.77. The highest BCUT2D eigenvalue weighted by Gasteiger charge is 2.41. The van der Waals surface area contributed by atoms with Crippen molar-refractivity contribution in [3.05, 3.63) is 52.5 Å². The fourth-order valence-corrected chi connectivity index (χ4v) is 6.50. The van der Waals surface area contributed by atoms with Crippen LogP contribution in [0, 0.1) is 5.82 Å². The van der Waals surface area contributed by atoms with Crippen LogP contribution >= 0.6 is 0 Å². The van der Waals surface area contributed by atoms with Gasteiger partial charge >= 0.3 is 5.97 Å². The molecule has 2 N–H and O–H groups in total. The van der Waals surface area contributed by atoms with Gasteiger partial charge in [-0.15, -0.1) is 0 Å². The van der Waals surface area contributed by atoms with Crippen molar-refractivity contribution < 1.29 is 19.0 Å². The molecule has 2 fully saturated rings. The number of aliphatic carboxylic acids is 1. The molecule has 1 saturated carbocycles. The number of benzene rings is 1. The van der Waals surface area contributed by atoms with Gasteiger partial charge in [0.2, 0.25) is 0 Å². The molecule has 5 rings (SSSR count). The van der Waals surface area contributed by atoms with Crippen LogP contribution in [0.3, 0.4) is 0 Å². The van der Waals surface area contributed by atoms with Crippen LogP contribution in [0.4, 0.5) is 10.2 Å². The molecule has 1 aromatic carbocycles. The minimum atomic E-state index is -0.955. The molecule has 1 aromatic heterocycles. The first kappa shape index (κ1) is 28.8. The predicted molar refractivity (Wildman–Crippen MR) is 156 cm³/mol. The molecule has 1 aliphatic carbocycles. The lowest BCUT2D eigenvalue weighted by atomic mass is 9.95. The summed E-state index contributed by atoms with van der Waals surface area (Å²) in [5.74, 6) is -0.241. The van der Waals surface area contributed by atoms with Crippen LogP contribution in [0.15, 0.2) is 24.3 Å². The number of hydrogen-bond acceptors (Lipinski definition) is 6. The van der Waals surface area contributed by atoms with Crippen molar-refractivity contribution >= 4 is 11.8 Å². The first-order valence-corrected chi connectivity index (χ1v) is 15.2. The number of carboxylic acid groups (broad SMARTS) is 1. The molecule has 0 spiro atoms. The molecule has 2 atom stereocenters. The number of halogens is 1. The SMILES string of the molecule is COc1c(F)cc(C(C)C)cc1C(C(=O)O)N1CC[C@@H](N(CCCCCc2ccc3c(n2)NCCC3)C2CC2)C1. The Morgan fingerprint density at radius 2 is 2.02 bits per heavy atom. The zero-order valence-electron chi connectivity index (χ0n) is 24.3. The molecule has 2 aliphatic heterocycles. The summed E-state index contributed by atoms with van der Waals surface area (Å²) in [5, 5.41) is 13.7. The van der Waals surface area contributed by atoms with E-state index >= 15 is 0 Å². The van der Waals surface area contributed by atoms with Gasteiger partial charge in [-0.1, -0.05) is 26.3 Å². The standard InChI is InChI=1S/C32H45FN4O3/c1-21(2)23-18-27(30(40-3)28(33)19-23)29(32(38)39)36-17-14-26(20-36)37(25-12-13-25)16-6-4-5-9-24-11-10-22-8-7-15-34-31(22)35-24/h10-11,18-19,21,25-26,29H,4-9,12-17,20H2,1-3H3,(H,34,35)(H,38,39)/t26-,29?/m1/s1. The second-order valence-electron chi connectivity index (χ2n) is 12.1. The average Bonchev–Trinajstić information content (AvgIpc) is 3.67. The minimum absolute atomic E-state index is 0.0449. The average molecular weight is 553 g/mol. The van der Waals surface area contributed by atoms with Gasteiger partial charge in [0, 0.05) is 43.0 Å². The minimum Gasteiger partial charge on any atom is -0.493 e. The molecule has 1 saturated heterocycles. The zero-order chi connectivity index (χ0) is 28.2. The summed E-state index contributed by atoms with van der Waals surface area (Å²) in [6, 6.07) is 7.72. The van der Waals surface area contributed by atoms with Crippen LogP contribution < -0.4 is 10.1 Å². The smallest absolute Gasteiger partial charge is 0.325 e. The Labute approximate surface area is 238 Å². The van der Waals surface area contributed by atoms with Crippen molar-refractivity contribution in [2.75, 3.05) is 38.6 Å². The third-order valence-corrected chi connectivity index (χ3v) is 8.84. The monoisotopic (exact) mass is 552 g/mol. The molecule has 40 heavy (non-hydrogen) atoms. The summed E-state index contributed by atoms with van der Waals surface area (Å²) < 4.78 is 20.3. The lowest BCUT2D eigenvalue weighted by Gasteiger charge is -2.31. The van der Waals surface area contributed by atoms with E-state index in [2.05, 4.69) is 22.3 Å². The van der Waals surface area contributed by atoms with E-state index in [0.29, 0.717) is 30.7 Å². The maximum Gasteiger partial charge on any atom is 0.325 e. The second kappa shape index (κ2) is 12.9. The van der Waals surface area contributed by atoms with Gasteiger partial charge in [0.15, 0.2) is 11.6 Å². The summed E-state index contributed by atoms with van der Waals surface area (Å²) in [4.78, 5) is 22.0. The Kier molecular flexibility index (Phi) is 9.26. The first-order chi connectivity index (χ1) is 19.4. The van der Waals surface area contributed by atoms with Gasteiger partial charge in [-0.25, -0.2) is 9.37 Å². The van der Waals surface area contributed by atoms with Crippen molar-refractivity contribution in [2.45, 2.75) is 95.7 Å². The molecule has 1 unspecified atom stereocenters. The van der Waals surface area contributed by atoms with Crippen LogP contribution in [-0.2, 0) is 17.6 Å². The van der Waals surface area contributed by atoms with E-state index in [-0.39, 0.29) is 11.7 Å². The van der Waals surface area contributed by atoms with Gasteiger partial charge in [0.25, 0.3) is 0 Å². The van der Waals surface area contributed by atoms with E-state index in [1.165, 1.54) is 43.7 Å². The first-order valence-electron chi connectivity index (χ1n) is 15.2. The van der Waals surface area contributed by atoms with E-state index in [1.54, 1.807) is 0 Å². The molecular weight excluding hydrogens is 507 g/mol. The maximum absolute atomic E-state index is 14.9. The normalized spacial score (nSPS) is 20.0. The summed E-state index contributed by atoms with van der Waals surface area (Å²) >= 11 is 0. The zero-order valence-corrected chi connectivity index (χ0v) is 24.3. The number of nitrogens with one attached hydrogen (secondary N) is 1. The number of pyridine rings is 1. The Morgan fingerprint density at radius 1 is 1.20 bits per heavy atom. The molecule has 0 radical (unpaired) electrons. The van der Waals surface area contributed by atoms with Crippen LogP contribution in [0.5, 0.6) is 5.75 Å². The summed E-state index contributed by atoms with van der Waals surface area (Å²) in [6.45, 7) is 7.39. The molecular formula is C32H45FN4O3. The molecule has 7 nitrogen and oxygen atoms in total. The number of fused-ring (bicyclic) bond motifs is 1. The molecule has 3 heterocycles. The van der Waals surface area contributed by atoms with E-state index in [0.717, 1.165) is 63.0 Å². The molecule has 3 aliphatic rings. The maximum atomic E-state index is 14.9. The molecule has 8 heteroatoms. The van der Waals surface area contributed by atoms with E-state index < -0.39 is 17.8 Å². The Hall–Kier alpha value is -2.71. The van der Waals surface area contributed by atoms with Crippen molar-refractivity contribution in [2.24, 2.45) is 0 Å². The number of ether oxygens (including phenoxy) is 1. The topological polar surface area (TPSA) is 77.9 Å². The van der Waals surface area contributed by atoms with Gasteiger partial charge in [-0.3, -0.25) is 14.6 Å². The Morgan fingerprint density at radius 3 is 2.75 bits per heavy atom. The van der Waals surface area contributed by atoms with Crippen molar-refractivity contribution in [1.82, 2.24) is 14.8 Å². The number of anilines is 1. The number of aryl methyl sites for hydroxylation is 2. The second-order valence-corrected chi connectivity index (χ2v) is 12.1. The van der Waals surface area contributed by atoms with E-state index in [1.807, 2.05) is 24.8 Å². The van der Waals surface area contributed by atoms with Gasteiger partial charge < -0.3 is 15.2 Å². The number of carboxylic acids is 1. The largest absolute Gasteiger partial charge is 0.493 e. The van der Waals surface area contributed by atoms with Crippen molar-refractivity contribution in [3.63, 3.8) is 0 Å². The van der Waals surface area contributed by atoms with Crippen LogP contribution in [0.25, 0.3) is 0 Å². The lowest BCUT2D eigenvalue weighted by Crippen LogP contribution is -2.41. The molecule has 218 valence electrons. The Balaban J connectivity index is 1.18.